The number of hydrogen-bond acceptors (Lipinski definition) is 3. The van der Waals surface area contributed by atoms with Crippen LogP contribution in [0.25, 0.3) is 0 Å². The highest BCUT2D eigenvalue weighted by molar-refractivity contribution is 5.73. The van der Waals surface area contributed by atoms with E-state index < -0.39 is 6.98 Å². The zero-order valence-corrected chi connectivity index (χ0v) is 6.86. The molecule has 70 valence electrons. The molecular formula is C8H11N3O2. The summed E-state index contributed by atoms with van der Waals surface area (Å²) in [5.41, 5.74) is 0.276. The van der Waals surface area contributed by atoms with Crippen LogP contribution >= 0.6 is 0 Å². The molecule has 1 aromatic heterocycles. The lowest BCUT2D eigenvalue weighted by atomic mass is 10.5. The van der Waals surface area contributed by atoms with Crippen molar-refractivity contribution in [2.45, 2.75) is 18.9 Å². The minimum Gasteiger partial charge on any atom is -0.472 e. The Hall–Kier alpha value is -1.52. The predicted molar refractivity (Wildman–Crippen MR) is 46.5 cm³/mol. The summed E-state index contributed by atoms with van der Waals surface area (Å²) in [7, 11) is 0. The molecule has 0 aromatic carbocycles. The average molecular weight is 184 g/mol. The zero-order valence-electron chi connectivity index (χ0n) is 9.86. The summed E-state index contributed by atoms with van der Waals surface area (Å²) in [5.74, 6) is 0.158. The van der Waals surface area contributed by atoms with Gasteiger partial charge in [0.1, 0.15) is 11.8 Å². The minimum atomic E-state index is -2.37. The summed E-state index contributed by atoms with van der Waals surface area (Å²) in [6, 6.07) is 0. The van der Waals surface area contributed by atoms with Crippen LogP contribution in [0, 0.1) is 0 Å². The Morgan fingerprint density at radius 1 is 1.92 bits per heavy atom. The maximum atomic E-state index is 10.3. The van der Waals surface area contributed by atoms with Crippen LogP contribution in [-0.2, 0) is 11.8 Å². The first-order chi connectivity index (χ1) is 7.50. The Morgan fingerprint density at radius 2 is 2.77 bits per heavy atom. The minimum absolute atomic E-state index is 0.0900. The van der Waals surface area contributed by atoms with E-state index in [-0.39, 0.29) is 17.7 Å². The second-order valence-corrected chi connectivity index (χ2v) is 2.87. The van der Waals surface area contributed by atoms with Gasteiger partial charge in [-0.15, -0.1) is 5.10 Å². The number of nitrogens with zero attached hydrogens (tertiary/aromatic N) is 2. The Balaban J connectivity index is 2.24. The predicted octanol–water partition coefficient (Wildman–Crippen LogP) is 0.530. The average Bonchev–Trinajstić information content (AvgIpc) is 2.88. The molecule has 1 N–H and O–H groups in total. The van der Waals surface area contributed by atoms with Crippen molar-refractivity contribution in [3.05, 3.63) is 6.20 Å². The summed E-state index contributed by atoms with van der Waals surface area (Å²) < 4.78 is 27.7. The topological polar surface area (TPSA) is 56.2 Å². The summed E-state index contributed by atoms with van der Waals surface area (Å²) in [6.07, 6.45) is 3.65. The van der Waals surface area contributed by atoms with Gasteiger partial charge in [-0.05, 0) is 12.8 Å². The van der Waals surface area contributed by atoms with Gasteiger partial charge < -0.3 is 10.1 Å². The van der Waals surface area contributed by atoms with Crippen molar-refractivity contribution in [1.82, 2.24) is 9.78 Å². The van der Waals surface area contributed by atoms with Crippen LogP contribution in [0.3, 0.4) is 0 Å². The third kappa shape index (κ3) is 1.80. The van der Waals surface area contributed by atoms with Gasteiger partial charge in [0.25, 0.3) is 5.88 Å². The third-order valence-electron chi connectivity index (χ3n) is 1.70. The van der Waals surface area contributed by atoms with Crippen LogP contribution < -0.4 is 10.1 Å². The molecule has 1 aromatic rings. The molecule has 13 heavy (non-hydrogen) atoms. The summed E-state index contributed by atoms with van der Waals surface area (Å²) in [5, 5.41) is 6.15. The molecule has 1 aliphatic carbocycles. The number of amides is 1. The Bertz CT molecular complexity index is 398. The zero-order chi connectivity index (χ0) is 11.8. The largest absolute Gasteiger partial charge is 0.472 e. The fraction of sp³-hybridized carbons (Fsp3) is 0.500. The summed E-state index contributed by atoms with van der Waals surface area (Å²) in [4.78, 5) is 10.3. The first-order valence-corrected chi connectivity index (χ1v) is 3.97. The quantitative estimate of drug-likeness (QED) is 0.694. The fourth-order valence-electron chi connectivity index (χ4n) is 0.951. The molecule has 0 spiro atoms. The second-order valence-electron chi connectivity index (χ2n) is 2.87. The maximum Gasteiger partial charge on any atom is 0.257 e. The summed E-state index contributed by atoms with van der Waals surface area (Å²) in [6.45, 7) is -2.37. The molecule has 5 heteroatoms. The van der Waals surface area contributed by atoms with Crippen molar-refractivity contribution in [2.24, 2.45) is 6.98 Å². The molecule has 1 saturated carbocycles. The standard InChI is InChI=1S/C8H11N3O2/c1-11-4-7(9-5-12)8(10-11)13-6-2-3-6/h4-6H,2-3H2,1H3,(H,9,12)/i1D3. The normalized spacial score (nSPS) is 19.8. The smallest absolute Gasteiger partial charge is 0.257 e. The highest BCUT2D eigenvalue weighted by Crippen LogP contribution is 2.30. The lowest BCUT2D eigenvalue weighted by Gasteiger charge is -2.01. The number of aromatic nitrogens is 2. The van der Waals surface area contributed by atoms with Gasteiger partial charge in [-0.1, -0.05) is 0 Å². The van der Waals surface area contributed by atoms with Crippen molar-refractivity contribution >= 4 is 12.1 Å². The highest BCUT2D eigenvalue weighted by atomic mass is 16.5. The fourth-order valence-corrected chi connectivity index (χ4v) is 0.951. The molecule has 0 aliphatic heterocycles. The van der Waals surface area contributed by atoms with Crippen molar-refractivity contribution in [3.8, 4) is 5.88 Å². The second kappa shape index (κ2) is 3.08. The molecule has 0 unspecified atom stereocenters. The molecule has 2 rings (SSSR count). The number of carbonyl (C=O) groups excluding carboxylic acids is 1. The van der Waals surface area contributed by atoms with E-state index in [2.05, 4.69) is 10.4 Å². The van der Waals surface area contributed by atoms with Crippen molar-refractivity contribution in [1.29, 1.82) is 0 Å². The monoisotopic (exact) mass is 184 g/mol. The Morgan fingerprint density at radius 3 is 3.38 bits per heavy atom. The molecular weight excluding hydrogens is 170 g/mol. The van der Waals surface area contributed by atoms with E-state index >= 15 is 0 Å². The van der Waals surface area contributed by atoms with Crippen molar-refractivity contribution in [3.63, 3.8) is 0 Å². The number of hydrogen-bond donors (Lipinski definition) is 1. The van der Waals surface area contributed by atoms with Crippen molar-refractivity contribution < 1.29 is 13.6 Å². The van der Waals surface area contributed by atoms with Gasteiger partial charge in [0.15, 0.2) is 0 Å². The van der Waals surface area contributed by atoms with Gasteiger partial charge in [-0.3, -0.25) is 9.48 Å². The van der Waals surface area contributed by atoms with E-state index in [4.69, 9.17) is 8.85 Å². The number of rotatable bonds is 4. The molecule has 0 atom stereocenters. The van der Waals surface area contributed by atoms with Crippen LogP contribution in [0.15, 0.2) is 6.20 Å². The van der Waals surface area contributed by atoms with E-state index in [0.29, 0.717) is 6.41 Å². The lowest BCUT2D eigenvalue weighted by Crippen LogP contribution is -2.00. The Labute approximate surface area is 79.9 Å². The van der Waals surface area contributed by atoms with Crippen LogP contribution in [-0.4, -0.2) is 22.3 Å². The number of ether oxygens (including phenoxy) is 1. The van der Waals surface area contributed by atoms with Crippen LogP contribution in [0.5, 0.6) is 5.88 Å². The molecule has 1 aliphatic rings. The molecule has 0 saturated heterocycles. The SMILES string of the molecule is [2H]C([2H])([2H])n1cc(NC=O)c(OC2CC2)n1. The number of anilines is 1. The number of carbonyl (C=O) groups is 1. The van der Waals surface area contributed by atoms with E-state index in [1.165, 1.54) is 6.20 Å². The van der Waals surface area contributed by atoms with E-state index in [0.717, 1.165) is 17.5 Å². The van der Waals surface area contributed by atoms with Gasteiger partial charge >= 0.3 is 0 Å². The molecule has 1 heterocycles. The van der Waals surface area contributed by atoms with E-state index in [1.807, 2.05) is 0 Å². The molecule has 5 nitrogen and oxygen atoms in total. The molecule has 1 amide bonds. The third-order valence-corrected chi connectivity index (χ3v) is 1.70. The summed E-state index contributed by atoms with van der Waals surface area (Å²) >= 11 is 0. The van der Waals surface area contributed by atoms with Gasteiger partial charge in [0, 0.05) is 11.1 Å². The van der Waals surface area contributed by atoms with Crippen LogP contribution in [0.1, 0.15) is 17.0 Å². The highest BCUT2D eigenvalue weighted by Gasteiger charge is 2.25. The maximum absolute atomic E-state index is 10.3. The number of aryl methyl sites for hydroxylation is 1. The van der Waals surface area contributed by atoms with Gasteiger partial charge in [0.2, 0.25) is 6.41 Å². The van der Waals surface area contributed by atoms with Crippen molar-refractivity contribution in [2.75, 3.05) is 5.32 Å². The van der Waals surface area contributed by atoms with Gasteiger partial charge in [-0.2, -0.15) is 0 Å². The first kappa shape index (κ1) is 5.26. The molecule has 1 fully saturated rings. The lowest BCUT2D eigenvalue weighted by molar-refractivity contribution is -0.105. The first-order valence-electron chi connectivity index (χ1n) is 5.47. The van der Waals surface area contributed by atoms with E-state index in [1.54, 1.807) is 0 Å². The van der Waals surface area contributed by atoms with Crippen LogP contribution in [0.2, 0.25) is 0 Å². The van der Waals surface area contributed by atoms with Gasteiger partial charge in [0.05, 0.1) is 6.20 Å². The van der Waals surface area contributed by atoms with Crippen LogP contribution in [0.4, 0.5) is 5.69 Å². The molecule has 0 bridgehead atoms. The Kier molecular flexibility index (Phi) is 1.25. The molecule has 0 radical (unpaired) electrons. The van der Waals surface area contributed by atoms with Gasteiger partial charge in [-0.25, -0.2) is 0 Å². The van der Waals surface area contributed by atoms with E-state index in [9.17, 15) is 4.79 Å². The number of nitrogens with one attached hydrogen (secondary N) is 1.